The number of nitro groups is 1. The summed E-state index contributed by atoms with van der Waals surface area (Å²) >= 11 is 0. The van der Waals surface area contributed by atoms with Gasteiger partial charge in [-0.3, -0.25) is 10.1 Å². The van der Waals surface area contributed by atoms with Crippen molar-refractivity contribution in [3.05, 3.63) is 40.1 Å². The minimum atomic E-state index is -0.503. The summed E-state index contributed by atoms with van der Waals surface area (Å²) in [7, 11) is 0. The maximum Gasteiger partial charge on any atom is 0.235 e. The van der Waals surface area contributed by atoms with Gasteiger partial charge in [0.1, 0.15) is 13.2 Å². The third-order valence-corrected chi connectivity index (χ3v) is 1.95. The van der Waals surface area contributed by atoms with E-state index in [2.05, 4.69) is 0 Å². The van der Waals surface area contributed by atoms with E-state index in [9.17, 15) is 10.1 Å². The topological polar surface area (TPSA) is 61.6 Å². The first kappa shape index (κ1) is 9.51. The third-order valence-electron chi connectivity index (χ3n) is 1.95. The number of benzene rings is 1. The van der Waals surface area contributed by atoms with E-state index in [0.717, 1.165) is 11.8 Å². The van der Waals surface area contributed by atoms with E-state index in [0.29, 0.717) is 24.7 Å². The average Bonchev–Trinajstić information content (AvgIpc) is 2.26. The van der Waals surface area contributed by atoms with Crippen molar-refractivity contribution >= 4 is 6.08 Å². The van der Waals surface area contributed by atoms with E-state index >= 15 is 0 Å². The van der Waals surface area contributed by atoms with Gasteiger partial charge in [-0.25, -0.2) is 0 Å². The lowest BCUT2D eigenvalue weighted by Crippen LogP contribution is -2.15. The Bertz CT molecular complexity index is 414. The third kappa shape index (κ3) is 2.25. The van der Waals surface area contributed by atoms with Gasteiger partial charge in [-0.05, 0) is 17.7 Å². The Kier molecular flexibility index (Phi) is 2.53. The second-order valence-corrected chi connectivity index (χ2v) is 3.00. The SMILES string of the molecule is O=[N+]([O-])/C=C\c1ccc2c(c1)OCCO2. The van der Waals surface area contributed by atoms with Crippen LogP contribution >= 0.6 is 0 Å². The predicted molar refractivity (Wildman–Crippen MR) is 53.5 cm³/mol. The molecule has 0 bridgehead atoms. The van der Waals surface area contributed by atoms with Gasteiger partial charge in [0.25, 0.3) is 0 Å². The minimum absolute atomic E-state index is 0.503. The molecular weight excluding hydrogens is 198 g/mol. The zero-order valence-corrected chi connectivity index (χ0v) is 7.88. The van der Waals surface area contributed by atoms with Crippen LogP contribution in [0.25, 0.3) is 6.08 Å². The van der Waals surface area contributed by atoms with Crippen LogP contribution in [0.4, 0.5) is 0 Å². The van der Waals surface area contributed by atoms with Gasteiger partial charge in [0.2, 0.25) is 6.20 Å². The number of ether oxygens (including phenoxy) is 2. The van der Waals surface area contributed by atoms with Gasteiger partial charge in [0.05, 0.1) is 4.92 Å². The largest absolute Gasteiger partial charge is 0.486 e. The van der Waals surface area contributed by atoms with E-state index in [1.54, 1.807) is 18.2 Å². The molecule has 0 spiro atoms. The molecule has 0 fully saturated rings. The molecule has 2 rings (SSSR count). The van der Waals surface area contributed by atoms with Gasteiger partial charge in [0.15, 0.2) is 11.5 Å². The summed E-state index contributed by atoms with van der Waals surface area (Å²) in [6.07, 6.45) is 2.31. The van der Waals surface area contributed by atoms with E-state index in [1.807, 2.05) is 0 Å². The molecule has 0 aliphatic carbocycles. The van der Waals surface area contributed by atoms with Crippen LogP contribution in [-0.2, 0) is 0 Å². The van der Waals surface area contributed by atoms with Gasteiger partial charge >= 0.3 is 0 Å². The number of fused-ring (bicyclic) bond motifs is 1. The number of nitrogens with zero attached hydrogens (tertiary/aromatic N) is 1. The van der Waals surface area contributed by atoms with Crippen LogP contribution < -0.4 is 9.47 Å². The molecule has 0 atom stereocenters. The molecule has 0 amide bonds. The molecule has 1 aromatic carbocycles. The van der Waals surface area contributed by atoms with Crippen LogP contribution in [0.2, 0.25) is 0 Å². The molecular formula is C10H9NO4. The lowest BCUT2D eigenvalue weighted by atomic mass is 10.2. The van der Waals surface area contributed by atoms with Crippen LogP contribution in [-0.4, -0.2) is 18.1 Å². The van der Waals surface area contributed by atoms with Crippen molar-refractivity contribution in [3.63, 3.8) is 0 Å². The number of hydrogen-bond donors (Lipinski definition) is 0. The average molecular weight is 207 g/mol. The Morgan fingerprint density at radius 2 is 2.00 bits per heavy atom. The lowest BCUT2D eigenvalue weighted by Gasteiger charge is -2.18. The first-order valence-electron chi connectivity index (χ1n) is 4.47. The molecule has 5 heteroatoms. The maximum absolute atomic E-state index is 10.1. The molecule has 15 heavy (non-hydrogen) atoms. The van der Waals surface area contributed by atoms with Crippen molar-refractivity contribution in [1.29, 1.82) is 0 Å². The van der Waals surface area contributed by atoms with E-state index in [-0.39, 0.29) is 0 Å². The summed E-state index contributed by atoms with van der Waals surface area (Å²) in [6, 6.07) is 5.20. The van der Waals surface area contributed by atoms with Crippen LogP contribution in [0.1, 0.15) is 5.56 Å². The summed E-state index contributed by atoms with van der Waals surface area (Å²) in [4.78, 5) is 9.62. The van der Waals surface area contributed by atoms with E-state index in [1.165, 1.54) is 6.08 Å². The minimum Gasteiger partial charge on any atom is -0.486 e. The summed E-state index contributed by atoms with van der Waals surface area (Å²) in [5.74, 6) is 1.31. The fourth-order valence-electron chi connectivity index (χ4n) is 1.31. The molecule has 1 aliphatic heterocycles. The number of hydrogen-bond acceptors (Lipinski definition) is 4. The maximum atomic E-state index is 10.1. The molecule has 1 heterocycles. The molecule has 0 radical (unpaired) electrons. The molecule has 0 aromatic heterocycles. The fraction of sp³-hybridized carbons (Fsp3) is 0.200. The zero-order chi connectivity index (χ0) is 10.7. The van der Waals surface area contributed by atoms with Gasteiger partial charge in [-0.1, -0.05) is 6.07 Å². The van der Waals surface area contributed by atoms with Crippen molar-refractivity contribution in [2.45, 2.75) is 0 Å². The van der Waals surface area contributed by atoms with Crippen molar-refractivity contribution in [2.75, 3.05) is 13.2 Å². The van der Waals surface area contributed by atoms with Crippen LogP contribution in [0.15, 0.2) is 24.4 Å². The Balaban J connectivity index is 2.24. The van der Waals surface area contributed by atoms with Crippen molar-refractivity contribution in [1.82, 2.24) is 0 Å². The molecule has 1 aromatic rings. The molecule has 0 N–H and O–H groups in total. The van der Waals surface area contributed by atoms with E-state index in [4.69, 9.17) is 9.47 Å². The molecule has 0 saturated heterocycles. The molecule has 0 saturated carbocycles. The van der Waals surface area contributed by atoms with Crippen LogP contribution in [0.5, 0.6) is 11.5 Å². The van der Waals surface area contributed by atoms with Gasteiger partial charge in [0, 0.05) is 6.08 Å². The second-order valence-electron chi connectivity index (χ2n) is 3.00. The zero-order valence-electron chi connectivity index (χ0n) is 7.88. The first-order valence-corrected chi connectivity index (χ1v) is 4.47. The summed E-state index contributed by atoms with van der Waals surface area (Å²) in [5.41, 5.74) is 0.718. The molecule has 5 nitrogen and oxygen atoms in total. The van der Waals surface area contributed by atoms with Crippen molar-refractivity contribution in [3.8, 4) is 11.5 Å². The quantitative estimate of drug-likeness (QED) is 0.547. The highest BCUT2D eigenvalue weighted by Crippen LogP contribution is 2.30. The van der Waals surface area contributed by atoms with Crippen LogP contribution in [0.3, 0.4) is 0 Å². The Morgan fingerprint density at radius 1 is 1.27 bits per heavy atom. The highest BCUT2D eigenvalue weighted by Gasteiger charge is 2.10. The Morgan fingerprint density at radius 3 is 2.73 bits per heavy atom. The van der Waals surface area contributed by atoms with Crippen molar-refractivity contribution in [2.24, 2.45) is 0 Å². The fourth-order valence-corrected chi connectivity index (χ4v) is 1.31. The smallest absolute Gasteiger partial charge is 0.235 e. The highest BCUT2D eigenvalue weighted by molar-refractivity contribution is 5.55. The summed E-state index contributed by atoms with van der Waals surface area (Å²) in [5, 5.41) is 10.1. The van der Waals surface area contributed by atoms with Crippen molar-refractivity contribution < 1.29 is 14.4 Å². The standard InChI is InChI=1S/C10H9NO4/c12-11(13)4-3-8-1-2-9-10(7-8)15-6-5-14-9/h1-4,7H,5-6H2/b4-3-. The van der Waals surface area contributed by atoms with E-state index < -0.39 is 4.92 Å². The summed E-state index contributed by atoms with van der Waals surface area (Å²) in [6.45, 7) is 1.05. The van der Waals surface area contributed by atoms with Gasteiger partial charge < -0.3 is 9.47 Å². The predicted octanol–water partition coefficient (Wildman–Crippen LogP) is 1.71. The Hall–Kier alpha value is -2.04. The normalized spacial score (nSPS) is 14.1. The second kappa shape index (κ2) is 4.00. The molecule has 0 unspecified atom stereocenters. The molecule has 1 aliphatic rings. The number of rotatable bonds is 2. The van der Waals surface area contributed by atoms with Gasteiger partial charge in [-0.2, -0.15) is 0 Å². The van der Waals surface area contributed by atoms with Crippen LogP contribution in [0, 0.1) is 10.1 Å². The Labute approximate surface area is 86.1 Å². The highest BCUT2D eigenvalue weighted by atomic mass is 16.6. The monoisotopic (exact) mass is 207 g/mol. The summed E-state index contributed by atoms with van der Waals surface area (Å²) < 4.78 is 10.7. The van der Waals surface area contributed by atoms with Gasteiger partial charge in [-0.15, -0.1) is 0 Å². The molecule has 78 valence electrons. The first-order chi connectivity index (χ1) is 7.25. The lowest BCUT2D eigenvalue weighted by molar-refractivity contribution is -0.400.